The summed E-state index contributed by atoms with van der Waals surface area (Å²) in [4.78, 5) is 11.8. The van der Waals surface area contributed by atoms with Crippen LogP contribution in [0.2, 0.25) is 0 Å². The van der Waals surface area contributed by atoms with Gasteiger partial charge in [0.15, 0.2) is 0 Å². The normalized spacial score (nSPS) is 10.7. The van der Waals surface area contributed by atoms with Crippen molar-refractivity contribution in [3.63, 3.8) is 0 Å². The molecule has 0 aromatic heterocycles. The highest BCUT2D eigenvalue weighted by atomic mass is 16.5. The second kappa shape index (κ2) is 7.93. The van der Waals surface area contributed by atoms with Crippen molar-refractivity contribution in [2.24, 2.45) is 5.92 Å². The topological polar surface area (TPSA) is 38.3 Å². The van der Waals surface area contributed by atoms with Gasteiger partial charge < -0.3 is 10.1 Å². The molecule has 1 aromatic rings. The number of rotatable bonds is 7. The van der Waals surface area contributed by atoms with Crippen LogP contribution in [0, 0.1) is 26.7 Å². The Morgan fingerprint density at radius 3 is 2.20 bits per heavy atom. The third kappa shape index (κ3) is 4.55. The maximum absolute atomic E-state index is 11.8. The van der Waals surface area contributed by atoms with Gasteiger partial charge in [-0.05, 0) is 44.7 Å². The first-order valence-electron chi connectivity index (χ1n) is 7.47. The number of hydrogen-bond donors (Lipinski definition) is 1. The molecule has 0 saturated heterocycles. The first kappa shape index (κ1) is 16.5. The molecule has 0 unspecified atom stereocenters. The molecular formula is C17H27NO2. The lowest BCUT2D eigenvalue weighted by molar-refractivity contribution is -0.125. The van der Waals surface area contributed by atoms with Gasteiger partial charge in [0.1, 0.15) is 12.4 Å². The lowest BCUT2D eigenvalue weighted by Crippen LogP contribution is -2.33. The lowest BCUT2D eigenvalue weighted by atomic mass is 10.0. The Bertz CT molecular complexity index is 427. The predicted octanol–water partition coefficient (Wildman–Crippen LogP) is 3.54. The fourth-order valence-electron chi connectivity index (χ4n) is 2.53. The SMILES string of the molecule is CCC(CC)C(=O)NCCOc1c(C)cc(C)cc1C. The van der Waals surface area contributed by atoms with Gasteiger partial charge in [-0.3, -0.25) is 4.79 Å². The molecule has 0 fully saturated rings. The molecule has 0 aliphatic rings. The van der Waals surface area contributed by atoms with Crippen LogP contribution in [-0.2, 0) is 4.79 Å². The summed E-state index contributed by atoms with van der Waals surface area (Å²) >= 11 is 0. The van der Waals surface area contributed by atoms with Crippen LogP contribution in [0.4, 0.5) is 0 Å². The van der Waals surface area contributed by atoms with Crippen molar-refractivity contribution in [2.75, 3.05) is 13.2 Å². The maximum Gasteiger partial charge on any atom is 0.223 e. The van der Waals surface area contributed by atoms with Gasteiger partial charge >= 0.3 is 0 Å². The number of carbonyl (C=O) groups is 1. The van der Waals surface area contributed by atoms with Crippen LogP contribution in [0.5, 0.6) is 5.75 Å². The molecule has 0 aliphatic heterocycles. The number of amides is 1. The van der Waals surface area contributed by atoms with Crippen LogP contribution < -0.4 is 10.1 Å². The molecule has 0 radical (unpaired) electrons. The van der Waals surface area contributed by atoms with Crippen molar-refractivity contribution in [2.45, 2.75) is 47.5 Å². The molecule has 0 spiro atoms. The molecule has 1 amide bonds. The second-order valence-electron chi connectivity index (χ2n) is 5.38. The number of nitrogens with one attached hydrogen (secondary N) is 1. The van der Waals surface area contributed by atoms with E-state index in [9.17, 15) is 4.79 Å². The molecule has 20 heavy (non-hydrogen) atoms. The Balaban J connectivity index is 2.44. The van der Waals surface area contributed by atoms with E-state index in [1.54, 1.807) is 0 Å². The molecule has 0 aliphatic carbocycles. The molecule has 3 heteroatoms. The number of aryl methyl sites for hydroxylation is 3. The number of hydrogen-bond acceptors (Lipinski definition) is 2. The van der Waals surface area contributed by atoms with Crippen molar-refractivity contribution in [3.8, 4) is 5.75 Å². The van der Waals surface area contributed by atoms with E-state index < -0.39 is 0 Å². The Kier molecular flexibility index (Phi) is 6.56. The smallest absolute Gasteiger partial charge is 0.223 e. The fourth-order valence-corrected chi connectivity index (χ4v) is 2.53. The van der Waals surface area contributed by atoms with Crippen LogP contribution in [-0.4, -0.2) is 19.1 Å². The number of ether oxygens (including phenoxy) is 1. The summed E-state index contributed by atoms with van der Waals surface area (Å²) in [6, 6.07) is 4.23. The summed E-state index contributed by atoms with van der Waals surface area (Å²) in [6.07, 6.45) is 1.78. The van der Waals surface area contributed by atoms with E-state index >= 15 is 0 Å². The molecule has 1 N–H and O–H groups in total. The Morgan fingerprint density at radius 2 is 1.70 bits per heavy atom. The monoisotopic (exact) mass is 277 g/mol. The zero-order chi connectivity index (χ0) is 15.1. The Hall–Kier alpha value is -1.51. The van der Waals surface area contributed by atoms with E-state index in [0.29, 0.717) is 13.2 Å². The van der Waals surface area contributed by atoms with Gasteiger partial charge in [0.25, 0.3) is 0 Å². The molecule has 0 saturated carbocycles. The quantitative estimate of drug-likeness (QED) is 0.774. The van der Waals surface area contributed by atoms with Crippen LogP contribution >= 0.6 is 0 Å². The van der Waals surface area contributed by atoms with E-state index in [0.717, 1.165) is 29.7 Å². The van der Waals surface area contributed by atoms with Crippen molar-refractivity contribution in [1.29, 1.82) is 0 Å². The second-order valence-corrected chi connectivity index (χ2v) is 5.38. The minimum atomic E-state index is 0.123. The first-order valence-corrected chi connectivity index (χ1v) is 7.47. The van der Waals surface area contributed by atoms with Gasteiger partial charge in [-0.15, -0.1) is 0 Å². The van der Waals surface area contributed by atoms with E-state index in [4.69, 9.17) is 4.74 Å². The van der Waals surface area contributed by atoms with Gasteiger partial charge in [0, 0.05) is 5.92 Å². The van der Waals surface area contributed by atoms with E-state index in [2.05, 4.69) is 38.2 Å². The molecule has 0 atom stereocenters. The highest BCUT2D eigenvalue weighted by Crippen LogP contribution is 2.24. The summed E-state index contributed by atoms with van der Waals surface area (Å²) < 4.78 is 5.81. The minimum Gasteiger partial charge on any atom is -0.491 e. The average Bonchev–Trinajstić information content (AvgIpc) is 2.38. The van der Waals surface area contributed by atoms with E-state index in [1.807, 2.05) is 13.8 Å². The van der Waals surface area contributed by atoms with E-state index in [1.165, 1.54) is 5.56 Å². The Morgan fingerprint density at radius 1 is 1.15 bits per heavy atom. The fraction of sp³-hybridized carbons (Fsp3) is 0.588. The third-order valence-corrected chi connectivity index (χ3v) is 3.61. The van der Waals surface area contributed by atoms with Gasteiger partial charge in [0.2, 0.25) is 5.91 Å². The summed E-state index contributed by atoms with van der Waals surface area (Å²) in [7, 11) is 0. The van der Waals surface area contributed by atoms with Crippen molar-refractivity contribution < 1.29 is 9.53 Å². The van der Waals surface area contributed by atoms with Gasteiger partial charge in [-0.1, -0.05) is 31.5 Å². The summed E-state index contributed by atoms with van der Waals surface area (Å²) in [6.45, 7) is 11.3. The van der Waals surface area contributed by atoms with Crippen molar-refractivity contribution >= 4 is 5.91 Å². The van der Waals surface area contributed by atoms with Crippen LogP contribution in [0.3, 0.4) is 0 Å². The minimum absolute atomic E-state index is 0.123. The zero-order valence-electron chi connectivity index (χ0n) is 13.4. The van der Waals surface area contributed by atoms with E-state index in [-0.39, 0.29) is 11.8 Å². The largest absolute Gasteiger partial charge is 0.491 e. The first-order chi connectivity index (χ1) is 9.49. The summed E-state index contributed by atoms with van der Waals surface area (Å²) in [5.41, 5.74) is 3.54. The highest BCUT2D eigenvalue weighted by Gasteiger charge is 2.13. The predicted molar refractivity (Wildman–Crippen MR) is 83.2 cm³/mol. The van der Waals surface area contributed by atoms with Crippen LogP contribution in [0.25, 0.3) is 0 Å². The number of benzene rings is 1. The van der Waals surface area contributed by atoms with Crippen LogP contribution in [0.15, 0.2) is 12.1 Å². The van der Waals surface area contributed by atoms with Crippen LogP contribution in [0.1, 0.15) is 43.4 Å². The molecule has 0 heterocycles. The molecule has 112 valence electrons. The highest BCUT2D eigenvalue weighted by molar-refractivity contribution is 5.78. The van der Waals surface area contributed by atoms with Gasteiger partial charge in [0.05, 0.1) is 6.54 Å². The zero-order valence-corrected chi connectivity index (χ0v) is 13.4. The summed E-state index contributed by atoms with van der Waals surface area (Å²) in [5.74, 6) is 1.20. The molecule has 1 rings (SSSR count). The lowest BCUT2D eigenvalue weighted by Gasteiger charge is -2.15. The standard InChI is InChI=1S/C17H27NO2/c1-6-15(7-2)17(19)18-8-9-20-16-13(4)10-12(3)11-14(16)5/h10-11,15H,6-9H2,1-5H3,(H,18,19). The van der Waals surface area contributed by atoms with Gasteiger partial charge in [-0.2, -0.15) is 0 Å². The molecule has 1 aromatic carbocycles. The van der Waals surface area contributed by atoms with Gasteiger partial charge in [-0.25, -0.2) is 0 Å². The molecule has 0 bridgehead atoms. The average molecular weight is 277 g/mol. The van der Waals surface area contributed by atoms with Crippen molar-refractivity contribution in [1.82, 2.24) is 5.32 Å². The maximum atomic E-state index is 11.8. The Labute approximate surface area is 122 Å². The molecular weight excluding hydrogens is 250 g/mol. The number of carbonyl (C=O) groups excluding carboxylic acids is 1. The third-order valence-electron chi connectivity index (χ3n) is 3.61. The summed E-state index contributed by atoms with van der Waals surface area (Å²) in [5, 5.41) is 2.94. The molecule has 3 nitrogen and oxygen atoms in total. The van der Waals surface area contributed by atoms with Crippen molar-refractivity contribution in [3.05, 3.63) is 28.8 Å².